The quantitative estimate of drug-likeness (QED) is 0.651. The van der Waals surface area contributed by atoms with E-state index in [4.69, 9.17) is 0 Å². The molecule has 1 aliphatic rings. The van der Waals surface area contributed by atoms with E-state index in [1.54, 1.807) is 0 Å². The van der Waals surface area contributed by atoms with E-state index in [1.165, 1.54) is 5.56 Å². The lowest BCUT2D eigenvalue weighted by atomic mass is 9.90. The Morgan fingerprint density at radius 1 is 1.04 bits per heavy atom. The molecule has 0 aliphatic carbocycles. The van der Waals surface area contributed by atoms with E-state index in [2.05, 4.69) is 39.6 Å². The van der Waals surface area contributed by atoms with Crippen LogP contribution in [-0.4, -0.2) is 40.4 Å². The highest BCUT2D eigenvalue weighted by Gasteiger charge is 2.22. The number of benzene rings is 2. The summed E-state index contributed by atoms with van der Waals surface area (Å²) in [5.74, 6) is 0.771. The van der Waals surface area contributed by atoms with Gasteiger partial charge in [0.1, 0.15) is 0 Å². The van der Waals surface area contributed by atoms with E-state index in [9.17, 15) is 9.59 Å². The molecular formula is C21H24N4O2. The van der Waals surface area contributed by atoms with Gasteiger partial charge in [0.2, 0.25) is 5.91 Å². The van der Waals surface area contributed by atoms with Crippen molar-refractivity contribution in [2.45, 2.75) is 19.3 Å². The zero-order valence-electron chi connectivity index (χ0n) is 15.2. The fourth-order valence-corrected chi connectivity index (χ4v) is 3.77. The van der Waals surface area contributed by atoms with Crippen LogP contribution in [0.15, 0.2) is 53.3 Å². The monoisotopic (exact) mass is 364 g/mol. The Kier molecular flexibility index (Phi) is 4.96. The molecule has 0 radical (unpaired) electrons. The number of hydrogen-bond acceptors (Lipinski definition) is 3. The molecule has 1 saturated heterocycles. The number of H-pyrrole nitrogens is 2. The molecule has 1 amide bonds. The number of likely N-dealkylation sites (tertiary alicyclic amines) is 1. The first-order valence-corrected chi connectivity index (χ1v) is 9.45. The third kappa shape index (κ3) is 4.22. The van der Waals surface area contributed by atoms with Crippen molar-refractivity contribution >= 4 is 22.6 Å². The molecule has 0 saturated carbocycles. The number of nitrogens with one attached hydrogen (secondary N) is 3. The second-order valence-electron chi connectivity index (χ2n) is 7.21. The molecule has 0 bridgehead atoms. The summed E-state index contributed by atoms with van der Waals surface area (Å²) in [7, 11) is 0. The van der Waals surface area contributed by atoms with Crippen molar-refractivity contribution in [1.29, 1.82) is 0 Å². The molecule has 6 nitrogen and oxygen atoms in total. The highest BCUT2D eigenvalue weighted by atomic mass is 16.2. The van der Waals surface area contributed by atoms with Gasteiger partial charge in [0, 0.05) is 18.8 Å². The normalized spacial score (nSPS) is 15.2. The second kappa shape index (κ2) is 7.70. The third-order valence-electron chi connectivity index (χ3n) is 5.29. The number of carbonyl (C=O) groups is 1. The summed E-state index contributed by atoms with van der Waals surface area (Å²) in [6.07, 6.45) is 3.20. The van der Waals surface area contributed by atoms with Gasteiger partial charge in [-0.2, -0.15) is 0 Å². The van der Waals surface area contributed by atoms with Gasteiger partial charge in [-0.3, -0.25) is 4.79 Å². The standard InChI is InChI=1S/C21H24N4O2/c26-20(14-22-17-6-7-18-19(13-17)24-21(27)23-18)25-10-8-16(9-11-25)12-15-4-2-1-3-5-15/h1-7,13,16,22H,8-12,14H2,(H2,23,24,27). The van der Waals surface area contributed by atoms with E-state index >= 15 is 0 Å². The van der Waals surface area contributed by atoms with Crippen LogP contribution in [0.1, 0.15) is 18.4 Å². The van der Waals surface area contributed by atoms with Crippen LogP contribution in [0.2, 0.25) is 0 Å². The van der Waals surface area contributed by atoms with Gasteiger partial charge in [-0.1, -0.05) is 30.3 Å². The average Bonchev–Trinajstić information content (AvgIpc) is 3.07. The predicted octanol–water partition coefficient (Wildman–Crippen LogP) is 2.75. The molecule has 1 aromatic heterocycles. The number of imidazole rings is 1. The minimum atomic E-state index is -0.225. The van der Waals surface area contributed by atoms with Gasteiger partial charge in [-0.05, 0) is 48.9 Å². The lowest BCUT2D eigenvalue weighted by Crippen LogP contribution is -2.41. The molecule has 1 aliphatic heterocycles. The highest BCUT2D eigenvalue weighted by Crippen LogP contribution is 2.22. The topological polar surface area (TPSA) is 81.0 Å². The van der Waals surface area contributed by atoms with Crippen LogP contribution in [0.4, 0.5) is 5.69 Å². The van der Waals surface area contributed by atoms with Gasteiger partial charge >= 0.3 is 5.69 Å². The summed E-state index contributed by atoms with van der Waals surface area (Å²) in [5, 5.41) is 3.17. The van der Waals surface area contributed by atoms with Crippen molar-refractivity contribution in [2.24, 2.45) is 5.92 Å². The van der Waals surface area contributed by atoms with Crippen LogP contribution in [-0.2, 0) is 11.2 Å². The number of nitrogens with zero attached hydrogens (tertiary/aromatic N) is 1. The van der Waals surface area contributed by atoms with E-state index in [-0.39, 0.29) is 18.1 Å². The predicted molar refractivity (Wildman–Crippen MR) is 107 cm³/mol. The fraction of sp³-hybridized carbons (Fsp3) is 0.333. The minimum Gasteiger partial charge on any atom is -0.376 e. The molecule has 3 aromatic rings. The number of rotatable bonds is 5. The zero-order chi connectivity index (χ0) is 18.6. The first-order valence-electron chi connectivity index (χ1n) is 9.45. The van der Waals surface area contributed by atoms with Crippen molar-refractivity contribution in [3.63, 3.8) is 0 Å². The number of carbonyl (C=O) groups excluding carboxylic acids is 1. The Balaban J connectivity index is 1.27. The number of aromatic amines is 2. The fourth-order valence-electron chi connectivity index (χ4n) is 3.77. The van der Waals surface area contributed by atoms with Crippen molar-refractivity contribution in [1.82, 2.24) is 14.9 Å². The van der Waals surface area contributed by atoms with Gasteiger partial charge in [0.15, 0.2) is 0 Å². The highest BCUT2D eigenvalue weighted by molar-refractivity contribution is 5.83. The molecule has 140 valence electrons. The summed E-state index contributed by atoms with van der Waals surface area (Å²) in [5.41, 5.74) is 3.47. The first kappa shape index (κ1) is 17.4. The number of hydrogen-bond donors (Lipinski definition) is 3. The number of anilines is 1. The van der Waals surface area contributed by atoms with Gasteiger partial charge in [-0.15, -0.1) is 0 Å². The molecule has 0 atom stereocenters. The molecule has 0 unspecified atom stereocenters. The van der Waals surface area contributed by atoms with Crippen molar-refractivity contribution < 1.29 is 4.79 Å². The SMILES string of the molecule is O=C(CNc1ccc2[nH]c(=O)[nH]c2c1)N1CCC(Cc2ccccc2)CC1. The number of aromatic nitrogens is 2. The van der Waals surface area contributed by atoms with Gasteiger partial charge in [0.25, 0.3) is 0 Å². The van der Waals surface area contributed by atoms with Crippen molar-refractivity contribution in [3.8, 4) is 0 Å². The number of amides is 1. The Labute approximate surface area is 157 Å². The largest absolute Gasteiger partial charge is 0.376 e. The van der Waals surface area contributed by atoms with Crippen LogP contribution >= 0.6 is 0 Å². The second-order valence-corrected chi connectivity index (χ2v) is 7.21. The molecule has 0 spiro atoms. The van der Waals surface area contributed by atoms with Crippen molar-refractivity contribution in [2.75, 3.05) is 25.0 Å². The van der Waals surface area contributed by atoms with E-state index < -0.39 is 0 Å². The Morgan fingerprint density at radius 2 is 1.78 bits per heavy atom. The summed E-state index contributed by atoms with van der Waals surface area (Å²) in [6, 6.07) is 16.1. The van der Waals surface area contributed by atoms with Gasteiger partial charge in [0.05, 0.1) is 17.6 Å². The van der Waals surface area contributed by atoms with E-state index in [1.807, 2.05) is 29.2 Å². The van der Waals surface area contributed by atoms with Crippen LogP contribution in [0.25, 0.3) is 11.0 Å². The molecular weight excluding hydrogens is 340 g/mol. The average molecular weight is 364 g/mol. The lowest BCUT2D eigenvalue weighted by molar-refractivity contribution is -0.130. The summed E-state index contributed by atoms with van der Waals surface area (Å²) < 4.78 is 0. The molecule has 3 N–H and O–H groups in total. The molecule has 2 aromatic carbocycles. The lowest BCUT2D eigenvalue weighted by Gasteiger charge is -2.32. The summed E-state index contributed by atoms with van der Waals surface area (Å²) in [4.78, 5) is 31.2. The summed E-state index contributed by atoms with van der Waals surface area (Å²) >= 11 is 0. The maximum Gasteiger partial charge on any atom is 0.323 e. The molecule has 1 fully saturated rings. The van der Waals surface area contributed by atoms with Crippen LogP contribution in [0, 0.1) is 5.92 Å². The van der Waals surface area contributed by atoms with E-state index in [0.29, 0.717) is 5.92 Å². The first-order chi connectivity index (χ1) is 13.2. The molecule has 27 heavy (non-hydrogen) atoms. The minimum absolute atomic E-state index is 0.121. The Bertz CT molecular complexity index is 969. The maximum atomic E-state index is 12.5. The van der Waals surface area contributed by atoms with Crippen LogP contribution in [0.3, 0.4) is 0 Å². The van der Waals surface area contributed by atoms with E-state index in [0.717, 1.165) is 49.1 Å². The van der Waals surface area contributed by atoms with Gasteiger partial charge in [-0.25, -0.2) is 4.79 Å². The van der Waals surface area contributed by atoms with Crippen LogP contribution < -0.4 is 11.0 Å². The molecule has 6 heteroatoms. The Morgan fingerprint density at radius 3 is 2.56 bits per heavy atom. The third-order valence-corrected chi connectivity index (χ3v) is 5.29. The maximum absolute atomic E-state index is 12.5. The Hall–Kier alpha value is -3.02. The van der Waals surface area contributed by atoms with Gasteiger partial charge < -0.3 is 20.2 Å². The number of fused-ring (bicyclic) bond motifs is 1. The molecule has 4 rings (SSSR count). The van der Waals surface area contributed by atoms with Crippen LogP contribution in [0.5, 0.6) is 0 Å². The summed E-state index contributed by atoms with van der Waals surface area (Å²) in [6.45, 7) is 1.91. The smallest absolute Gasteiger partial charge is 0.323 e. The number of piperidine rings is 1. The molecule has 2 heterocycles. The van der Waals surface area contributed by atoms with Crippen molar-refractivity contribution in [3.05, 3.63) is 64.6 Å². The zero-order valence-corrected chi connectivity index (χ0v) is 15.2.